The van der Waals surface area contributed by atoms with Crippen LogP contribution in [0.15, 0.2) is 73.1 Å². The smallest absolute Gasteiger partial charge is 0.255 e. The number of primary amides is 1. The van der Waals surface area contributed by atoms with E-state index in [1.54, 1.807) is 46.1 Å². The van der Waals surface area contributed by atoms with Crippen LogP contribution in [-0.4, -0.2) is 45.5 Å². The molecule has 1 saturated heterocycles. The summed E-state index contributed by atoms with van der Waals surface area (Å²) >= 11 is 0. The van der Waals surface area contributed by atoms with Gasteiger partial charge in [0.1, 0.15) is 0 Å². The third kappa shape index (κ3) is 5.35. The van der Waals surface area contributed by atoms with Gasteiger partial charge in [-0.15, -0.1) is 0 Å². The molecule has 2 aromatic carbocycles. The number of likely N-dealkylation sites (tertiary alicyclic amines) is 1. The van der Waals surface area contributed by atoms with Crippen molar-refractivity contribution in [3.05, 3.63) is 84.2 Å². The lowest BCUT2D eigenvalue weighted by Crippen LogP contribution is -2.42. The Balaban J connectivity index is 1.40. The number of carbonyl (C=O) groups is 3. The number of aromatic nitrogens is 2. The lowest BCUT2D eigenvalue weighted by atomic mass is 9.95. The molecule has 0 unspecified atom stereocenters. The van der Waals surface area contributed by atoms with Gasteiger partial charge in [0, 0.05) is 36.8 Å². The number of amides is 3. The first-order valence-electron chi connectivity index (χ1n) is 10.8. The van der Waals surface area contributed by atoms with Crippen molar-refractivity contribution in [2.24, 2.45) is 11.7 Å². The van der Waals surface area contributed by atoms with E-state index in [1.165, 1.54) is 6.08 Å². The van der Waals surface area contributed by atoms with Crippen molar-refractivity contribution in [2.45, 2.75) is 12.8 Å². The molecule has 1 aliphatic rings. The van der Waals surface area contributed by atoms with Crippen LogP contribution in [0.4, 0.5) is 5.69 Å². The predicted octanol–water partition coefficient (Wildman–Crippen LogP) is 2.86. The Hall–Kier alpha value is -4.20. The zero-order valence-electron chi connectivity index (χ0n) is 18.1. The van der Waals surface area contributed by atoms with Crippen LogP contribution in [-0.2, 0) is 9.59 Å². The first-order chi connectivity index (χ1) is 16.0. The van der Waals surface area contributed by atoms with Gasteiger partial charge in [0.25, 0.3) is 5.91 Å². The summed E-state index contributed by atoms with van der Waals surface area (Å²) in [6.45, 7) is 0.917. The van der Waals surface area contributed by atoms with Gasteiger partial charge in [0.15, 0.2) is 0 Å². The van der Waals surface area contributed by atoms with E-state index in [0.717, 1.165) is 11.3 Å². The molecule has 1 fully saturated rings. The van der Waals surface area contributed by atoms with Gasteiger partial charge >= 0.3 is 0 Å². The molecule has 8 heteroatoms. The van der Waals surface area contributed by atoms with E-state index in [2.05, 4.69) is 10.4 Å². The van der Waals surface area contributed by atoms with Crippen LogP contribution in [0.2, 0.25) is 0 Å². The molecule has 3 N–H and O–H groups in total. The Morgan fingerprint density at radius 3 is 2.42 bits per heavy atom. The number of nitrogens with one attached hydrogen (secondary N) is 1. The van der Waals surface area contributed by atoms with E-state index in [9.17, 15) is 14.4 Å². The molecular weight excluding hydrogens is 418 g/mol. The van der Waals surface area contributed by atoms with E-state index in [4.69, 9.17) is 5.73 Å². The maximum absolute atomic E-state index is 13.0. The summed E-state index contributed by atoms with van der Waals surface area (Å²) in [6.07, 6.45) is 7.67. The Bertz CT molecular complexity index is 1180. The van der Waals surface area contributed by atoms with Gasteiger partial charge < -0.3 is 16.0 Å². The minimum Gasteiger partial charge on any atom is -0.369 e. The van der Waals surface area contributed by atoms with Crippen molar-refractivity contribution in [3.8, 4) is 5.69 Å². The van der Waals surface area contributed by atoms with E-state index in [0.29, 0.717) is 37.2 Å². The van der Waals surface area contributed by atoms with Gasteiger partial charge in [0.05, 0.1) is 23.1 Å². The molecule has 0 aliphatic carbocycles. The number of carbonyl (C=O) groups excluding carboxylic acids is 3. The van der Waals surface area contributed by atoms with E-state index >= 15 is 0 Å². The van der Waals surface area contributed by atoms with Gasteiger partial charge in [-0.3, -0.25) is 14.4 Å². The Labute approximate surface area is 191 Å². The maximum Gasteiger partial charge on any atom is 0.255 e. The molecule has 0 atom stereocenters. The molecular formula is C25H25N5O3. The summed E-state index contributed by atoms with van der Waals surface area (Å²) in [5, 5.41) is 7.10. The lowest BCUT2D eigenvalue weighted by molar-refractivity contribution is -0.123. The number of hydrogen-bond acceptors (Lipinski definition) is 4. The summed E-state index contributed by atoms with van der Waals surface area (Å²) in [6, 6.07) is 16.6. The average molecular weight is 444 g/mol. The van der Waals surface area contributed by atoms with Crippen LogP contribution in [0.5, 0.6) is 0 Å². The maximum atomic E-state index is 13.0. The first kappa shape index (κ1) is 22.0. The third-order valence-corrected chi connectivity index (χ3v) is 5.65. The Kier molecular flexibility index (Phi) is 6.64. The number of nitrogens with two attached hydrogens (primary N) is 1. The average Bonchev–Trinajstić information content (AvgIpc) is 3.32. The Morgan fingerprint density at radius 2 is 1.70 bits per heavy atom. The molecule has 3 aromatic rings. The van der Waals surface area contributed by atoms with Crippen molar-refractivity contribution in [2.75, 3.05) is 18.4 Å². The number of anilines is 1. The third-order valence-electron chi connectivity index (χ3n) is 5.65. The molecule has 3 amide bonds. The van der Waals surface area contributed by atoms with E-state index in [1.807, 2.05) is 36.5 Å². The van der Waals surface area contributed by atoms with Crippen molar-refractivity contribution in [3.63, 3.8) is 0 Å². The second-order valence-corrected chi connectivity index (χ2v) is 7.89. The van der Waals surface area contributed by atoms with Gasteiger partial charge in [-0.25, -0.2) is 4.68 Å². The second kappa shape index (κ2) is 9.95. The van der Waals surface area contributed by atoms with Crippen molar-refractivity contribution < 1.29 is 14.4 Å². The highest BCUT2D eigenvalue weighted by molar-refractivity contribution is 6.07. The minimum atomic E-state index is -0.352. The van der Waals surface area contributed by atoms with Gasteiger partial charge in [-0.2, -0.15) is 5.10 Å². The summed E-state index contributed by atoms with van der Waals surface area (Å²) in [5.41, 5.74) is 7.93. The lowest BCUT2D eigenvalue weighted by Gasteiger charge is -2.31. The molecule has 1 aliphatic heterocycles. The molecule has 0 saturated carbocycles. The van der Waals surface area contributed by atoms with Crippen molar-refractivity contribution in [1.29, 1.82) is 0 Å². The highest BCUT2D eigenvalue weighted by atomic mass is 16.2. The molecule has 2 heterocycles. The fourth-order valence-corrected chi connectivity index (χ4v) is 3.81. The molecule has 0 bridgehead atoms. The number of benzene rings is 2. The summed E-state index contributed by atoms with van der Waals surface area (Å²) in [7, 11) is 0. The number of nitrogens with zero attached hydrogens (tertiary/aromatic N) is 3. The fourth-order valence-electron chi connectivity index (χ4n) is 3.81. The zero-order valence-corrected chi connectivity index (χ0v) is 18.1. The van der Waals surface area contributed by atoms with Gasteiger partial charge in [0.2, 0.25) is 11.8 Å². The standard InChI is InChI=1S/C25H25N5O3/c26-24(32)19-12-14-29(15-13-19)25(33)21-8-4-5-9-22(21)28-23(31)11-10-18-16-27-30(17-18)20-6-2-1-3-7-20/h1-11,16-17,19H,12-15H2,(H2,26,32)(H,28,31). The highest BCUT2D eigenvalue weighted by Gasteiger charge is 2.27. The van der Waals surface area contributed by atoms with Gasteiger partial charge in [-0.1, -0.05) is 30.3 Å². The quantitative estimate of drug-likeness (QED) is 0.571. The number of piperidine rings is 1. The number of rotatable bonds is 6. The molecule has 4 rings (SSSR count). The zero-order chi connectivity index (χ0) is 23.2. The summed E-state index contributed by atoms with van der Waals surface area (Å²) < 4.78 is 1.73. The SMILES string of the molecule is NC(=O)C1CCN(C(=O)c2ccccc2NC(=O)C=Cc2cnn(-c3ccccc3)c2)CC1. The monoisotopic (exact) mass is 443 g/mol. The van der Waals surface area contributed by atoms with Crippen LogP contribution in [0.3, 0.4) is 0 Å². The molecule has 168 valence electrons. The summed E-state index contributed by atoms with van der Waals surface area (Å²) in [4.78, 5) is 38.6. The summed E-state index contributed by atoms with van der Waals surface area (Å²) in [5.74, 6) is -1.05. The molecule has 1 aromatic heterocycles. The topological polar surface area (TPSA) is 110 Å². The second-order valence-electron chi connectivity index (χ2n) is 7.89. The van der Waals surface area contributed by atoms with Crippen LogP contribution in [0.1, 0.15) is 28.8 Å². The van der Waals surface area contributed by atoms with Crippen LogP contribution in [0, 0.1) is 5.92 Å². The number of para-hydroxylation sites is 2. The predicted molar refractivity (Wildman–Crippen MR) is 125 cm³/mol. The van der Waals surface area contributed by atoms with Crippen LogP contribution in [0.25, 0.3) is 11.8 Å². The van der Waals surface area contributed by atoms with E-state index in [-0.39, 0.29) is 23.6 Å². The number of hydrogen-bond donors (Lipinski definition) is 2. The van der Waals surface area contributed by atoms with Gasteiger partial charge in [-0.05, 0) is 43.2 Å². The normalized spacial score (nSPS) is 14.4. The Morgan fingerprint density at radius 1 is 1.00 bits per heavy atom. The van der Waals surface area contributed by atoms with Crippen LogP contribution < -0.4 is 11.1 Å². The molecule has 0 spiro atoms. The van der Waals surface area contributed by atoms with Crippen LogP contribution >= 0.6 is 0 Å². The largest absolute Gasteiger partial charge is 0.369 e. The molecule has 33 heavy (non-hydrogen) atoms. The molecule has 0 radical (unpaired) electrons. The minimum absolute atomic E-state index is 0.179. The van der Waals surface area contributed by atoms with E-state index < -0.39 is 0 Å². The van der Waals surface area contributed by atoms with Crippen molar-refractivity contribution in [1.82, 2.24) is 14.7 Å². The first-order valence-corrected chi connectivity index (χ1v) is 10.8. The molecule has 8 nitrogen and oxygen atoms in total. The van der Waals surface area contributed by atoms with Crippen molar-refractivity contribution >= 4 is 29.5 Å². The fraction of sp³-hybridized carbons (Fsp3) is 0.200. The highest BCUT2D eigenvalue weighted by Crippen LogP contribution is 2.22.